The summed E-state index contributed by atoms with van der Waals surface area (Å²) < 4.78 is 5.71. The van der Waals surface area contributed by atoms with Crippen molar-refractivity contribution in [1.82, 2.24) is 10.2 Å². The lowest BCUT2D eigenvalue weighted by atomic mass is 9.82. The van der Waals surface area contributed by atoms with Gasteiger partial charge < -0.3 is 20.1 Å². The van der Waals surface area contributed by atoms with Gasteiger partial charge in [-0.05, 0) is 54.9 Å². The lowest BCUT2D eigenvalue weighted by Crippen LogP contribution is -2.56. The van der Waals surface area contributed by atoms with E-state index in [1.165, 1.54) is 16.0 Å². The fraction of sp³-hybridized carbons (Fsp3) is 0.464. The van der Waals surface area contributed by atoms with E-state index in [9.17, 15) is 19.5 Å². The Bertz CT molecular complexity index is 1100. The second-order valence-electron chi connectivity index (χ2n) is 10.1. The lowest BCUT2D eigenvalue weighted by molar-refractivity contribution is -0.157. The van der Waals surface area contributed by atoms with Gasteiger partial charge in [0.05, 0.1) is 5.92 Å². The number of nitrogens with one attached hydrogen (secondary N) is 1. The predicted molar refractivity (Wildman–Crippen MR) is 131 cm³/mol. The van der Waals surface area contributed by atoms with Gasteiger partial charge in [0, 0.05) is 18.5 Å². The number of rotatable bonds is 5. The Morgan fingerprint density at radius 3 is 2.29 bits per heavy atom. The van der Waals surface area contributed by atoms with Gasteiger partial charge in [-0.25, -0.2) is 9.59 Å². The van der Waals surface area contributed by atoms with Gasteiger partial charge in [0.1, 0.15) is 12.1 Å². The number of fused-ring (bicyclic) bond motifs is 3. The van der Waals surface area contributed by atoms with Gasteiger partial charge in [-0.1, -0.05) is 61.4 Å². The number of carbonyl (C=O) groups is 3. The molecule has 3 atom stereocenters. The molecule has 1 heterocycles. The molecule has 0 aromatic heterocycles. The highest BCUT2D eigenvalue weighted by atomic mass is 16.5. The standard InChI is InChI=1S/C28H32N2O5/c1-28(26(32)33)15-8-16-30(28)25(31)22-13-6-7-14-24(22)29-27(34)35-17-23-20-11-4-2-9-18(20)19-10-3-5-12-21(19)23/h2-5,9-12,22-24H,6-8,13-17H2,1H3,(H,29,34)(H,32,33)/t22-,24+,28+/m0/s1. The highest BCUT2D eigenvalue weighted by Gasteiger charge is 2.48. The van der Waals surface area contributed by atoms with Crippen LogP contribution in [0.1, 0.15) is 62.5 Å². The molecule has 1 aliphatic heterocycles. The predicted octanol–water partition coefficient (Wildman–Crippen LogP) is 4.55. The lowest BCUT2D eigenvalue weighted by Gasteiger charge is -2.38. The van der Waals surface area contributed by atoms with Crippen LogP contribution in [-0.4, -0.2) is 52.7 Å². The van der Waals surface area contributed by atoms with E-state index in [1.807, 2.05) is 24.3 Å². The molecule has 0 bridgehead atoms. The number of likely N-dealkylation sites (tertiary alicyclic amines) is 1. The van der Waals surface area contributed by atoms with Gasteiger partial charge in [0.25, 0.3) is 0 Å². The molecule has 7 nitrogen and oxygen atoms in total. The fourth-order valence-electron chi connectivity index (χ4n) is 6.13. The highest BCUT2D eigenvalue weighted by molar-refractivity contribution is 5.89. The second kappa shape index (κ2) is 9.36. The van der Waals surface area contributed by atoms with Gasteiger partial charge in [0.15, 0.2) is 0 Å². The van der Waals surface area contributed by atoms with E-state index in [1.54, 1.807) is 6.92 Å². The van der Waals surface area contributed by atoms with Gasteiger partial charge in [-0.2, -0.15) is 0 Å². The molecule has 0 unspecified atom stereocenters. The zero-order valence-corrected chi connectivity index (χ0v) is 20.0. The Morgan fingerprint density at radius 2 is 1.63 bits per heavy atom. The van der Waals surface area contributed by atoms with Crippen molar-refractivity contribution in [2.45, 2.75) is 62.9 Å². The third kappa shape index (κ3) is 4.17. The normalized spacial score (nSPS) is 25.6. The van der Waals surface area contributed by atoms with Crippen LogP contribution < -0.4 is 5.32 Å². The quantitative estimate of drug-likeness (QED) is 0.660. The Labute approximate surface area is 205 Å². The number of carboxylic acid groups (broad SMARTS) is 1. The monoisotopic (exact) mass is 476 g/mol. The van der Waals surface area contributed by atoms with Crippen molar-refractivity contribution in [2.24, 2.45) is 5.92 Å². The Morgan fingerprint density at radius 1 is 1.00 bits per heavy atom. The summed E-state index contributed by atoms with van der Waals surface area (Å²) in [6.07, 6.45) is 3.71. The van der Waals surface area contributed by atoms with Crippen molar-refractivity contribution in [3.8, 4) is 11.1 Å². The molecule has 2 fully saturated rings. The number of aliphatic carboxylic acids is 1. The summed E-state index contributed by atoms with van der Waals surface area (Å²) in [5, 5.41) is 12.7. The number of hydrogen-bond donors (Lipinski definition) is 2. The maximum Gasteiger partial charge on any atom is 0.407 e. The molecule has 2 N–H and O–H groups in total. The third-order valence-electron chi connectivity index (χ3n) is 8.10. The number of ether oxygens (including phenoxy) is 1. The highest BCUT2D eigenvalue weighted by Crippen LogP contribution is 2.44. The first kappa shape index (κ1) is 23.4. The van der Waals surface area contributed by atoms with Gasteiger partial charge in [0.2, 0.25) is 5.91 Å². The molecule has 0 radical (unpaired) electrons. The van der Waals surface area contributed by atoms with E-state index in [0.717, 1.165) is 24.0 Å². The van der Waals surface area contributed by atoms with Gasteiger partial charge in [-0.15, -0.1) is 0 Å². The SMILES string of the molecule is C[C@]1(C(=O)O)CCCN1C(=O)[C@H]1CCCC[C@H]1NC(=O)OCC1c2ccccc2-c2ccccc21. The zero-order valence-electron chi connectivity index (χ0n) is 20.0. The van der Waals surface area contributed by atoms with Crippen molar-refractivity contribution >= 4 is 18.0 Å². The number of benzene rings is 2. The van der Waals surface area contributed by atoms with Crippen LogP contribution in [0.15, 0.2) is 48.5 Å². The summed E-state index contributed by atoms with van der Waals surface area (Å²) in [4.78, 5) is 39.7. The summed E-state index contributed by atoms with van der Waals surface area (Å²) in [6, 6.07) is 16.0. The molecule has 1 saturated heterocycles. The van der Waals surface area contributed by atoms with Crippen LogP contribution in [0.2, 0.25) is 0 Å². The summed E-state index contributed by atoms with van der Waals surface area (Å²) in [5.41, 5.74) is 3.45. The Hall–Kier alpha value is -3.35. The number of hydrogen-bond acceptors (Lipinski definition) is 4. The van der Waals surface area contributed by atoms with Crippen LogP contribution in [-0.2, 0) is 14.3 Å². The molecular formula is C28H32N2O5. The first-order valence-corrected chi connectivity index (χ1v) is 12.6. The van der Waals surface area contributed by atoms with Crippen molar-refractivity contribution in [3.63, 3.8) is 0 Å². The molecule has 184 valence electrons. The molecule has 0 spiro atoms. The molecular weight excluding hydrogens is 444 g/mol. The number of carboxylic acids is 1. The van der Waals surface area contributed by atoms with Gasteiger partial charge in [-0.3, -0.25) is 4.79 Å². The van der Waals surface area contributed by atoms with E-state index in [-0.39, 0.29) is 24.5 Å². The number of amides is 2. The van der Waals surface area contributed by atoms with Crippen molar-refractivity contribution in [1.29, 1.82) is 0 Å². The van der Waals surface area contributed by atoms with E-state index in [2.05, 4.69) is 29.6 Å². The number of carbonyl (C=O) groups excluding carboxylic acids is 2. The largest absolute Gasteiger partial charge is 0.480 e. The van der Waals surface area contributed by atoms with Crippen molar-refractivity contribution in [2.75, 3.05) is 13.2 Å². The van der Waals surface area contributed by atoms with Crippen LogP contribution in [0.3, 0.4) is 0 Å². The third-order valence-corrected chi connectivity index (χ3v) is 8.10. The Kier molecular flexibility index (Phi) is 6.26. The van der Waals surface area contributed by atoms with E-state index in [0.29, 0.717) is 32.2 Å². The number of alkyl carbamates (subject to hydrolysis) is 1. The van der Waals surface area contributed by atoms with Crippen LogP contribution in [0, 0.1) is 5.92 Å². The van der Waals surface area contributed by atoms with E-state index in [4.69, 9.17) is 4.74 Å². The summed E-state index contributed by atoms with van der Waals surface area (Å²) in [7, 11) is 0. The van der Waals surface area contributed by atoms with E-state index >= 15 is 0 Å². The maximum absolute atomic E-state index is 13.4. The minimum Gasteiger partial charge on any atom is -0.480 e. The molecule has 2 aliphatic carbocycles. The van der Waals surface area contributed by atoms with E-state index < -0.39 is 23.5 Å². The molecule has 7 heteroatoms. The molecule has 1 saturated carbocycles. The minimum atomic E-state index is -1.18. The first-order valence-electron chi connectivity index (χ1n) is 12.6. The maximum atomic E-state index is 13.4. The van der Waals surface area contributed by atoms with Gasteiger partial charge >= 0.3 is 12.1 Å². The van der Waals surface area contributed by atoms with Crippen LogP contribution in [0.4, 0.5) is 4.79 Å². The molecule has 3 aliphatic rings. The van der Waals surface area contributed by atoms with Crippen LogP contribution in [0.25, 0.3) is 11.1 Å². The summed E-state index contributed by atoms with van der Waals surface area (Å²) in [6.45, 7) is 2.28. The molecule has 2 amide bonds. The van der Waals surface area contributed by atoms with Crippen LogP contribution in [0.5, 0.6) is 0 Å². The summed E-state index contributed by atoms with van der Waals surface area (Å²) >= 11 is 0. The molecule has 2 aromatic carbocycles. The van der Waals surface area contributed by atoms with Crippen LogP contribution >= 0.6 is 0 Å². The fourth-order valence-corrected chi connectivity index (χ4v) is 6.13. The average Bonchev–Trinajstić information content (AvgIpc) is 3.42. The molecule has 35 heavy (non-hydrogen) atoms. The zero-order chi connectivity index (χ0) is 24.6. The topological polar surface area (TPSA) is 95.9 Å². The number of nitrogens with zero attached hydrogens (tertiary/aromatic N) is 1. The smallest absolute Gasteiger partial charge is 0.407 e. The van der Waals surface area contributed by atoms with Crippen molar-refractivity contribution in [3.05, 3.63) is 59.7 Å². The molecule has 2 aromatic rings. The molecule has 5 rings (SSSR count). The first-order chi connectivity index (χ1) is 16.9. The second-order valence-corrected chi connectivity index (χ2v) is 10.1. The summed E-state index contributed by atoms with van der Waals surface area (Å²) in [5.74, 6) is -1.60. The average molecular weight is 477 g/mol. The Balaban J connectivity index is 1.26. The van der Waals surface area contributed by atoms with Crippen molar-refractivity contribution < 1.29 is 24.2 Å². The minimum absolute atomic E-state index is 0.0298.